The van der Waals surface area contributed by atoms with Crippen LogP contribution in [0, 0.1) is 0 Å². The van der Waals surface area contributed by atoms with Gasteiger partial charge in [-0.3, -0.25) is 9.59 Å². The van der Waals surface area contributed by atoms with Crippen molar-refractivity contribution in [3.8, 4) is 0 Å². The van der Waals surface area contributed by atoms with Crippen molar-refractivity contribution in [2.45, 2.75) is 341 Å². The molecule has 0 aliphatic carbocycles. The molecule has 0 aliphatic heterocycles. The van der Waals surface area contributed by atoms with E-state index in [9.17, 15) is 19.8 Å². The van der Waals surface area contributed by atoms with Gasteiger partial charge in [-0.25, -0.2) is 0 Å². The van der Waals surface area contributed by atoms with Crippen molar-refractivity contribution in [3.05, 3.63) is 12.2 Å². The third-order valence-corrected chi connectivity index (χ3v) is 13.8. The van der Waals surface area contributed by atoms with Crippen LogP contribution < -0.4 is 5.32 Å². The van der Waals surface area contributed by atoms with Crippen LogP contribution in [0.1, 0.15) is 328 Å². The molecule has 3 N–H and O–H groups in total. The van der Waals surface area contributed by atoms with Crippen LogP contribution in [0.4, 0.5) is 0 Å². The van der Waals surface area contributed by atoms with Gasteiger partial charge in [0.2, 0.25) is 5.91 Å². The summed E-state index contributed by atoms with van der Waals surface area (Å²) in [5.41, 5.74) is 0. The normalized spacial score (nSPS) is 12.6. The van der Waals surface area contributed by atoms with E-state index in [-0.39, 0.29) is 18.5 Å². The van der Waals surface area contributed by atoms with Crippen molar-refractivity contribution < 1.29 is 24.5 Å². The highest BCUT2D eigenvalue weighted by molar-refractivity contribution is 5.76. The monoisotopic (exact) mass is 918 g/mol. The summed E-state index contributed by atoms with van der Waals surface area (Å²) in [6, 6.07) is -0.637. The Balaban J connectivity index is 3.48. The molecular formula is C59H115NO5. The average molecular weight is 919 g/mol. The Morgan fingerprint density at radius 1 is 0.415 bits per heavy atom. The Morgan fingerprint density at radius 3 is 1.05 bits per heavy atom. The number of carbonyl (C=O) groups excluding carboxylic acids is 2. The lowest BCUT2D eigenvalue weighted by atomic mass is 10.0. The number of hydrogen-bond donors (Lipinski definition) is 3. The summed E-state index contributed by atoms with van der Waals surface area (Å²) < 4.78 is 5.45. The molecule has 0 radical (unpaired) electrons. The van der Waals surface area contributed by atoms with E-state index in [1.165, 1.54) is 244 Å². The molecule has 0 saturated carbocycles. The van der Waals surface area contributed by atoms with Gasteiger partial charge in [0.1, 0.15) is 0 Å². The largest absolute Gasteiger partial charge is 0.466 e. The Hall–Kier alpha value is -1.40. The van der Waals surface area contributed by atoms with Crippen LogP contribution in [0.3, 0.4) is 0 Å². The van der Waals surface area contributed by atoms with E-state index in [4.69, 9.17) is 4.74 Å². The average Bonchev–Trinajstić information content (AvgIpc) is 3.31. The lowest BCUT2D eigenvalue weighted by Gasteiger charge is -2.20. The smallest absolute Gasteiger partial charge is 0.305 e. The van der Waals surface area contributed by atoms with Crippen molar-refractivity contribution in [2.24, 2.45) is 0 Å². The molecule has 0 rings (SSSR count). The molecule has 0 spiro atoms. The van der Waals surface area contributed by atoms with E-state index in [0.717, 1.165) is 57.8 Å². The van der Waals surface area contributed by atoms with Crippen molar-refractivity contribution in [3.63, 3.8) is 0 Å². The number of unbranched alkanes of at least 4 members (excludes halogenated alkanes) is 44. The van der Waals surface area contributed by atoms with Crippen molar-refractivity contribution in [1.29, 1.82) is 0 Å². The number of amides is 1. The lowest BCUT2D eigenvalue weighted by molar-refractivity contribution is -0.143. The van der Waals surface area contributed by atoms with E-state index in [0.29, 0.717) is 19.4 Å². The number of nitrogens with one attached hydrogen (secondary N) is 1. The van der Waals surface area contributed by atoms with Crippen LogP contribution in [-0.4, -0.2) is 47.4 Å². The molecule has 386 valence electrons. The van der Waals surface area contributed by atoms with Crippen LogP contribution in [-0.2, 0) is 14.3 Å². The molecule has 1 amide bonds. The summed E-state index contributed by atoms with van der Waals surface area (Å²) in [6.07, 6.45) is 65.2. The van der Waals surface area contributed by atoms with Gasteiger partial charge in [0.05, 0.1) is 25.4 Å². The molecule has 2 unspecified atom stereocenters. The van der Waals surface area contributed by atoms with Gasteiger partial charge in [0.15, 0.2) is 0 Å². The fourth-order valence-electron chi connectivity index (χ4n) is 9.28. The van der Waals surface area contributed by atoms with Crippen LogP contribution in [0.2, 0.25) is 0 Å². The number of aliphatic hydroxyl groups excluding tert-OH is 2. The zero-order chi connectivity index (χ0) is 47.2. The second kappa shape index (κ2) is 55.2. The quantitative estimate of drug-likeness (QED) is 0.0321. The fourth-order valence-corrected chi connectivity index (χ4v) is 9.28. The summed E-state index contributed by atoms with van der Waals surface area (Å²) in [6.45, 7) is 4.90. The molecule has 0 heterocycles. The minimum Gasteiger partial charge on any atom is -0.466 e. The first kappa shape index (κ1) is 63.6. The number of carbonyl (C=O) groups is 2. The van der Waals surface area contributed by atoms with E-state index >= 15 is 0 Å². The van der Waals surface area contributed by atoms with Crippen LogP contribution >= 0.6 is 0 Å². The molecular weight excluding hydrogens is 803 g/mol. The van der Waals surface area contributed by atoms with Crippen LogP contribution in [0.25, 0.3) is 0 Å². The molecule has 0 aromatic heterocycles. The number of ether oxygens (including phenoxy) is 1. The summed E-state index contributed by atoms with van der Waals surface area (Å²) in [5.74, 6) is -0.0832. The summed E-state index contributed by atoms with van der Waals surface area (Å²) in [5, 5.41) is 23.2. The van der Waals surface area contributed by atoms with Crippen LogP contribution in [0.5, 0.6) is 0 Å². The van der Waals surface area contributed by atoms with Crippen molar-refractivity contribution in [2.75, 3.05) is 13.2 Å². The summed E-state index contributed by atoms with van der Waals surface area (Å²) in [7, 11) is 0. The number of aliphatic hydroxyl groups is 2. The maximum Gasteiger partial charge on any atom is 0.305 e. The number of esters is 1. The third-order valence-electron chi connectivity index (χ3n) is 13.8. The molecule has 65 heavy (non-hydrogen) atoms. The second-order valence-electron chi connectivity index (χ2n) is 20.3. The molecule has 6 nitrogen and oxygen atoms in total. The molecule has 0 aromatic carbocycles. The zero-order valence-electron chi connectivity index (χ0n) is 44.0. The molecule has 0 aliphatic rings. The van der Waals surface area contributed by atoms with Crippen molar-refractivity contribution >= 4 is 11.9 Å². The fraction of sp³-hybridized carbons (Fsp3) is 0.932. The van der Waals surface area contributed by atoms with E-state index < -0.39 is 12.1 Å². The van der Waals surface area contributed by atoms with Gasteiger partial charge in [-0.1, -0.05) is 296 Å². The van der Waals surface area contributed by atoms with Gasteiger partial charge < -0.3 is 20.3 Å². The molecule has 0 aromatic rings. The first-order valence-corrected chi connectivity index (χ1v) is 29.5. The van der Waals surface area contributed by atoms with Gasteiger partial charge in [0, 0.05) is 12.8 Å². The highest BCUT2D eigenvalue weighted by Crippen LogP contribution is 2.18. The maximum absolute atomic E-state index is 12.5. The number of hydrogen-bond acceptors (Lipinski definition) is 5. The first-order valence-electron chi connectivity index (χ1n) is 29.5. The van der Waals surface area contributed by atoms with Crippen molar-refractivity contribution in [1.82, 2.24) is 5.32 Å². The summed E-state index contributed by atoms with van der Waals surface area (Å²) >= 11 is 0. The zero-order valence-corrected chi connectivity index (χ0v) is 44.0. The molecule has 0 fully saturated rings. The Kier molecular flexibility index (Phi) is 54.0. The predicted molar refractivity (Wildman–Crippen MR) is 283 cm³/mol. The minimum absolute atomic E-state index is 0.00623. The predicted octanol–water partition coefficient (Wildman–Crippen LogP) is 18.1. The molecule has 6 heteroatoms. The van der Waals surface area contributed by atoms with Gasteiger partial charge in [0.25, 0.3) is 0 Å². The minimum atomic E-state index is -0.853. The van der Waals surface area contributed by atoms with Gasteiger partial charge in [-0.05, 0) is 32.1 Å². The molecule has 0 bridgehead atoms. The highest BCUT2D eigenvalue weighted by Gasteiger charge is 2.18. The molecule has 0 saturated heterocycles. The second-order valence-corrected chi connectivity index (χ2v) is 20.3. The maximum atomic E-state index is 12.5. The van der Waals surface area contributed by atoms with Gasteiger partial charge >= 0.3 is 5.97 Å². The van der Waals surface area contributed by atoms with E-state index in [1.54, 1.807) is 6.08 Å². The number of allylic oxidation sites excluding steroid dienone is 1. The van der Waals surface area contributed by atoms with E-state index in [1.807, 2.05) is 6.08 Å². The number of rotatable bonds is 55. The standard InChI is InChI=1S/C59H115NO5/c1-3-5-7-9-11-13-15-16-17-18-19-20-21-22-23-24-25-26-28-32-35-39-43-47-51-57(62)56(55-61)60-58(63)52-48-44-40-36-33-29-27-30-34-38-42-46-50-54-65-59(64)53-49-45-41-37-31-14-12-10-8-6-4-2/h47,51,56-57,61-62H,3-46,48-50,52-55H2,1-2H3,(H,60,63)/b51-47+. The Bertz CT molecular complexity index is 970. The SMILES string of the molecule is CCCCCCCCCCCCCCCCCCCCCCCC/C=C/C(O)C(CO)NC(=O)CCCCCCCCCCCCCCCOC(=O)CCCCCCCCCCCCC. The topological polar surface area (TPSA) is 95.9 Å². The Morgan fingerprint density at radius 2 is 0.708 bits per heavy atom. The van der Waals surface area contributed by atoms with E-state index in [2.05, 4.69) is 19.2 Å². The molecule has 2 atom stereocenters. The summed E-state index contributed by atoms with van der Waals surface area (Å²) in [4.78, 5) is 24.5. The van der Waals surface area contributed by atoms with Crippen LogP contribution in [0.15, 0.2) is 12.2 Å². The Labute approximate surface area is 406 Å². The van der Waals surface area contributed by atoms with Gasteiger partial charge in [-0.2, -0.15) is 0 Å². The van der Waals surface area contributed by atoms with Gasteiger partial charge in [-0.15, -0.1) is 0 Å². The highest BCUT2D eigenvalue weighted by atomic mass is 16.5. The third kappa shape index (κ3) is 51.8. The lowest BCUT2D eigenvalue weighted by Crippen LogP contribution is -2.45. The first-order chi connectivity index (χ1) is 32.0.